The maximum Gasteiger partial charge on any atom is 0.0468 e. The first-order valence-electron chi connectivity index (χ1n) is 20.3. The second kappa shape index (κ2) is 14.6. The van der Waals surface area contributed by atoms with Gasteiger partial charge in [0.25, 0.3) is 0 Å². The summed E-state index contributed by atoms with van der Waals surface area (Å²) in [6.07, 6.45) is 0. The van der Waals surface area contributed by atoms with Crippen molar-refractivity contribution < 1.29 is 0 Å². The van der Waals surface area contributed by atoms with E-state index in [1.165, 1.54) is 87.6 Å². The Morgan fingerprint density at radius 2 is 0.712 bits per heavy atom. The number of hydrogen-bond donors (Lipinski definition) is 0. The first-order valence-corrected chi connectivity index (χ1v) is 20.3. The van der Waals surface area contributed by atoms with Crippen molar-refractivity contribution in [3.63, 3.8) is 0 Å². The van der Waals surface area contributed by atoms with E-state index in [1.807, 2.05) is 0 Å². The van der Waals surface area contributed by atoms with Crippen LogP contribution in [0.4, 0.5) is 17.1 Å². The molecule has 11 aromatic rings. The molecule has 0 bridgehead atoms. The van der Waals surface area contributed by atoms with Gasteiger partial charge in [0, 0.05) is 17.1 Å². The topological polar surface area (TPSA) is 3.24 Å². The molecule has 0 fully saturated rings. The van der Waals surface area contributed by atoms with Crippen LogP contribution in [0.2, 0.25) is 0 Å². The molecule has 11 aromatic carbocycles. The Kier molecular flexibility index (Phi) is 8.56. The monoisotopic (exact) mass is 749 g/mol. The molecule has 0 atom stereocenters. The zero-order valence-corrected chi connectivity index (χ0v) is 32.5. The van der Waals surface area contributed by atoms with Crippen molar-refractivity contribution in [1.29, 1.82) is 0 Å². The molecule has 0 heterocycles. The molecular formula is C58H39N. The van der Waals surface area contributed by atoms with Crippen LogP contribution in [-0.2, 0) is 0 Å². The van der Waals surface area contributed by atoms with Gasteiger partial charge in [-0.05, 0) is 136 Å². The molecule has 0 saturated heterocycles. The molecule has 0 N–H and O–H groups in total. The number of anilines is 3. The Balaban J connectivity index is 1.08. The highest BCUT2D eigenvalue weighted by Crippen LogP contribution is 2.43. The Morgan fingerprint density at radius 1 is 0.203 bits per heavy atom. The molecular weight excluding hydrogens is 711 g/mol. The molecule has 0 aliphatic carbocycles. The van der Waals surface area contributed by atoms with Crippen molar-refractivity contribution in [2.45, 2.75) is 0 Å². The minimum Gasteiger partial charge on any atom is -0.310 e. The van der Waals surface area contributed by atoms with E-state index in [2.05, 4.69) is 241 Å². The summed E-state index contributed by atoms with van der Waals surface area (Å²) in [7, 11) is 0. The van der Waals surface area contributed by atoms with Gasteiger partial charge in [-0.15, -0.1) is 0 Å². The summed E-state index contributed by atoms with van der Waals surface area (Å²) < 4.78 is 0. The molecule has 59 heavy (non-hydrogen) atoms. The van der Waals surface area contributed by atoms with Crippen LogP contribution < -0.4 is 4.90 Å². The van der Waals surface area contributed by atoms with Gasteiger partial charge in [-0.25, -0.2) is 0 Å². The van der Waals surface area contributed by atoms with Crippen LogP contribution in [-0.4, -0.2) is 0 Å². The standard InChI is InChI=1S/C58H39N/c1-3-12-40(13-4-1)42-24-29-50(30-25-42)59(51-20-11-19-46(38-51)47-23-22-41-14-7-8-18-45(41)36-47)52-31-35-54(43-15-5-2-6-16-43)58(39-52)49-27-32-55-48(37-49)28-34-56-53-21-10-9-17-44(53)26-33-57(55)56/h1-39H. The fourth-order valence-corrected chi connectivity index (χ4v) is 8.85. The summed E-state index contributed by atoms with van der Waals surface area (Å²) in [4.78, 5) is 2.40. The highest BCUT2D eigenvalue weighted by atomic mass is 15.1. The predicted molar refractivity (Wildman–Crippen MR) is 253 cm³/mol. The van der Waals surface area contributed by atoms with Crippen LogP contribution in [0, 0.1) is 0 Å². The second-order valence-corrected chi connectivity index (χ2v) is 15.3. The van der Waals surface area contributed by atoms with Crippen molar-refractivity contribution >= 4 is 60.2 Å². The normalized spacial score (nSPS) is 11.4. The van der Waals surface area contributed by atoms with E-state index in [0.29, 0.717) is 0 Å². The van der Waals surface area contributed by atoms with Crippen molar-refractivity contribution in [2.24, 2.45) is 0 Å². The highest BCUT2D eigenvalue weighted by molar-refractivity contribution is 6.17. The average molecular weight is 750 g/mol. The van der Waals surface area contributed by atoms with Gasteiger partial charge >= 0.3 is 0 Å². The van der Waals surface area contributed by atoms with E-state index in [4.69, 9.17) is 0 Å². The third-order valence-corrected chi connectivity index (χ3v) is 11.8. The van der Waals surface area contributed by atoms with Crippen molar-refractivity contribution in [2.75, 3.05) is 4.90 Å². The third kappa shape index (κ3) is 6.40. The maximum absolute atomic E-state index is 2.40. The summed E-state index contributed by atoms with van der Waals surface area (Å²) >= 11 is 0. The number of hydrogen-bond acceptors (Lipinski definition) is 1. The number of benzene rings is 11. The summed E-state index contributed by atoms with van der Waals surface area (Å²) in [5, 5.41) is 10.1. The predicted octanol–water partition coefficient (Wildman–Crippen LogP) is 16.4. The number of fused-ring (bicyclic) bond motifs is 6. The molecule has 276 valence electrons. The van der Waals surface area contributed by atoms with Gasteiger partial charge in [-0.1, -0.05) is 188 Å². The summed E-state index contributed by atoms with van der Waals surface area (Å²) in [6, 6.07) is 86.4. The molecule has 0 saturated carbocycles. The van der Waals surface area contributed by atoms with Crippen LogP contribution in [0.15, 0.2) is 237 Å². The van der Waals surface area contributed by atoms with Gasteiger partial charge in [0.15, 0.2) is 0 Å². The molecule has 0 radical (unpaired) electrons. The van der Waals surface area contributed by atoms with E-state index in [-0.39, 0.29) is 0 Å². The summed E-state index contributed by atoms with van der Waals surface area (Å²) in [6.45, 7) is 0. The van der Waals surface area contributed by atoms with E-state index in [9.17, 15) is 0 Å². The minimum atomic E-state index is 1.09. The highest BCUT2D eigenvalue weighted by Gasteiger charge is 2.18. The maximum atomic E-state index is 2.40. The van der Waals surface area contributed by atoms with Gasteiger partial charge in [-0.3, -0.25) is 0 Å². The quantitative estimate of drug-likeness (QED) is 0.147. The molecule has 0 aliphatic rings. The van der Waals surface area contributed by atoms with Gasteiger partial charge in [0.05, 0.1) is 0 Å². The Morgan fingerprint density at radius 3 is 1.51 bits per heavy atom. The fraction of sp³-hybridized carbons (Fsp3) is 0. The van der Waals surface area contributed by atoms with Crippen molar-refractivity contribution in [1.82, 2.24) is 0 Å². The van der Waals surface area contributed by atoms with Gasteiger partial charge < -0.3 is 4.90 Å². The Bertz CT molecular complexity index is 3310. The molecule has 11 rings (SSSR count). The van der Waals surface area contributed by atoms with E-state index >= 15 is 0 Å². The lowest BCUT2D eigenvalue weighted by atomic mass is 9.91. The smallest absolute Gasteiger partial charge is 0.0468 e. The van der Waals surface area contributed by atoms with Crippen LogP contribution in [0.5, 0.6) is 0 Å². The average Bonchev–Trinajstić information content (AvgIpc) is 3.32. The lowest BCUT2D eigenvalue weighted by Crippen LogP contribution is -2.10. The zero-order chi connectivity index (χ0) is 39.1. The number of rotatable bonds is 7. The third-order valence-electron chi connectivity index (χ3n) is 11.8. The van der Waals surface area contributed by atoms with Crippen LogP contribution in [0.3, 0.4) is 0 Å². The van der Waals surface area contributed by atoms with Gasteiger partial charge in [0.1, 0.15) is 0 Å². The van der Waals surface area contributed by atoms with Crippen LogP contribution in [0.25, 0.3) is 87.6 Å². The van der Waals surface area contributed by atoms with E-state index < -0.39 is 0 Å². The Labute approximate surface area is 344 Å². The summed E-state index contributed by atoms with van der Waals surface area (Å²) in [5.41, 5.74) is 12.8. The first kappa shape index (κ1) is 34.5. The lowest BCUT2D eigenvalue weighted by molar-refractivity contribution is 1.28. The fourth-order valence-electron chi connectivity index (χ4n) is 8.85. The second-order valence-electron chi connectivity index (χ2n) is 15.3. The molecule has 0 unspecified atom stereocenters. The van der Waals surface area contributed by atoms with Crippen molar-refractivity contribution in [3.8, 4) is 44.5 Å². The largest absolute Gasteiger partial charge is 0.310 e. The lowest BCUT2D eigenvalue weighted by Gasteiger charge is -2.27. The van der Waals surface area contributed by atoms with Crippen LogP contribution >= 0.6 is 0 Å². The van der Waals surface area contributed by atoms with E-state index in [1.54, 1.807) is 0 Å². The molecule has 0 amide bonds. The molecule has 1 heteroatoms. The SMILES string of the molecule is c1ccc(-c2ccc(N(c3cccc(-c4ccc5ccccc5c4)c3)c3ccc(-c4ccccc4)c(-c4ccc5c(ccc6c7ccccc7ccc56)c4)c3)cc2)cc1. The van der Waals surface area contributed by atoms with Gasteiger partial charge in [0.2, 0.25) is 0 Å². The minimum absolute atomic E-state index is 1.09. The number of nitrogens with zero attached hydrogens (tertiary/aromatic N) is 1. The molecule has 0 spiro atoms. The Hall–Kier alpha value is -7.74. The molecule has 1 nitrogen and oxygen atoms in total. The van der Waals surface area contributed by atoms with Crippen LogP contribution in [0.1, 0.15) is 0 Å². The van der Waals surface area contributed by atoms with Gasteiger partial charge in [-0.2, -0.15) is 0 Å². The van der Waals surface area contributed by atoms with E-state index in [0.717, 1.165) is 17.1 Å². The van der Waals surface area contributed by atoms with Crippen molar-refractivity contribution in [3.05, 3.63) is 237 Å². The molecule has 0 aliphatic heterocycles. The molecule has 0 aromatic heterocycles. The summed E-state index contributed by atoms with van der Waals surface area (Å²) in [5.74, 6) is 0. The zero-order valence-electron chi connectivity index (χ0n) is 32.5. The first-order chi connectivity index (χ1) is 29.2.